The number of aromatic nitrogens is 1. The van der Waals surface area contributed by atoms with Crippen LogP contribution in [0.4, 0.5) is 0 Å². The number of carbonyl (C=O) groups is 1. The average molecular weight is 430 g/mol. The van der Waals surface area contributed by atoms with E-state index in [9.17, 15) is 4.79 Å². The SMILES string of the molecule is Cc1oc(-c2cccc(Cl)c2)nc1CN1CCC(C(=O)NCc2cccs2)CC1. The summed E-state index contributed by atoms with van der Waals surface area (Å²) in [4.78, 5) is 20.6. The number of benzene rings is 1. The fraction of sp³-hybridized carbons (Fsp3) is 0.364. The molecular formula is C22H24ClN3O2S. The zero-order valence-corrected chi connectivity index (χ0v) is 17.9. The summed E-state index contributed by atoms with van der Waals surface area (Å²) in [5, 5.41) is 5.77. The second-order valence-corrected chi connectivity index (χ2v) is 8.85. The maximum Gasteiger partial charge on any atom is 0.226 e. The molecule has 1 N–H and O–H groups in total. The molecule has 5 nitrogen and oxygen atoms in total. The Morgan fingerprint density at radius 3 is 2.86 bits per heavy atom. The molecule has 2 aromatic heterocycles. The van der Waals surface area contributed by atoms with Crippen molar-refractivity contribution < 1.29 is 9.21 Å². The Bertz CT molecular complexity index is 962. The van der Waals surface area contributed by atoms with Crippen molar-refractivity contribution in [1.29, 1.82) is 0 Å². The molecule has 4 rings (SSSR count). The molecular weight excluding hydrogens is 406 g/mol. The first-order chi connectivity index (χ1) is 14.1. The molecule has 0 unspecified atom stereocenters. The minimum Gasteiger partial charge on any atom is -0.441 e. The number of amides is 1. The Morgan fingerprint density at radius 1 is 1.31 bits per heavy atom. The number of nitrogens with one attached hydrogen (secondary N) is 1. The van der Waals surface area contributed by atoms with Crippen LogP contribution in [0.2, 0.25) is 5.02 Å². The van der Waals surface area contributed by atoms with Gasteiger partial charge in [0.05, 0.1) is 12.2 Å². The van der Waals surface area contributed by atoms with Gasteiger partial charge in [-0.3, -0.25) is 9.69 Å². The van der Waals surface area contributed by atoms with Gasteiger partial charge in [0.2, 0.25) is 11.8 Å². The number of rotatable bonds is 6. The maximum atomic E-state index is 12.4. The van der Waals surface area contributed by atoms with E-state index < -0.39 is 0 Å². The number of piperidine rings is 1. The summed E-state index contributed by atoms with van der Waals surface area (Å²) in [6, 6.07) is 11.6. The van der Waals surface area contributed by atoms with Crippen LogP contribution >= 0.6 is 22.9 Å². The number of halogens is 1. The maximum absolute atomic E-state index is 12.4. The van der Waals surface area contributed by atoms with Crippen molar-refractivity contribution in [2.24, 2.45) is 5.92 Å². The molecule has 1 aromatic carbocycles. The van der Waals surface area contributed by atoms with Crippen LogP contribution in [-0.4, -0.2) is 28.9 Å². The van der Waals surface area contributed by atoms with Crippen LogP contribution in [0.1, 0.15) is 29.2 Å². The van der Waals surface area contributed by atoms with Crippen molar-refractivity contribution in [2.75, 3.05) is 13.1 Å². The number of hydrogen-bond donors (Lipinski definition) is 1. The Balaban J connectivity index is 1.30. The van der Waals surface area contributed by atoms with Crippen LogP contribution in [0.5, 0.6) is 0 Å². The standard InChI is InChI=1S/C22H24ClN3O2S/c1-15-20(25-22(28-15)17-4-2-5-18(23)12-17)14-26-9-7-16(8-10-26)21(27)24-13-19-6-3-11-29-19/h2-6,11-12,16H,7-10,13-14H2,1H3,(H,24,27). The normalized spacial score (nSPS) is 15.5. The molecule has 3 aromatic rings. The predicted octanol–water partition coefficient (Wildman–Crippen LogP) is 4.89. The second kappa shape index (κ2) is 9.11. The lowest BCUT2D eigenvalue weighted by atomic mass is 9.96. The lowest BCUT2D eigenvalue weighted by molar-refractivity contribution is -0.126. The van der Waals surface area contributed by atoms with Gasteiger partial charge in [-0.05, 0) is 62.5 Å². The second-order valence-electron chi connectivity index (χ2n) is 7.38. The van der Waals surface area contributed by atoms with Gasteiger partial charge in [0.15, 0.2) is 0 Å². The minimum atomic E-state index is 0.0895. The number of carbonyl (C=O) groups excluding carboxylic acids is 1. The lowest BCUT2D eigenvalue weighted by Gasteiger charge is -2.30. The van der Waals surface area contributed by atoms with Crippen LogP contribution in [0.25, 0.3) is 11.5 Å². The lowest BCUT2D eigenvalue weighted by Crippen LogP contribution is -2.40. The molecule has 1 amide bonds. The van der Waals surface area contributed by atoms with Crippen LogP contribution in [0.3, 0.4) is 0 Å². The molecule has 0 radical (unpaired) electrons. The van der Waals surface area contributed by atoms with E-state index in [1.807, 2.05) is 48.7 Å². The van der Waals surface area contributed by atoms with E-state index in [4.69, 9.17) is 16.0 Å². The fourth-order valence-electron chi connectivity index (χ4n) is 3.62. The third kappa shape index (κ3) is 5.07. The third-order valence-corrected chi connectivity index (χ3v) is 6.42. The molecule has 0 bridgehead atoms. The molecule has 0 saturated carbocycles. The average Bonchev–Trinajstić information content (AvgIpc) is 3.37. The van der Waals surface area contributed by atoms with Gasteiger partial charge in [0.25, 0.3) is 0 Å². The first-order valence-corrected chi connectivity index (χ1v) is 11.1. The summed E-state index contributed by atoms with van der Waals surface area (Å²) in [6.45, 7) is 5.08. The van der Waals surface area contributed by atoms with E-state index >= 15 is 0 Å². The first-order valence-electron chi connectivity index (χ1n) is 9.83. The molecule has 3 heterocycles. The van der Waals surface area contributed by atoms with Gasteiger partial charge in [0, 0.05) is 27.9 Å². The Kier molecular flexibility index (Phi) is 6.33. The first kappa shape index (κ1) is 20.1. The Hall–Kier alpha value is -2.15. The molecule has 1 saturated heterocycles. The highest BCUT2D eigenvalue weighted by Gasteiger charge is 2.26. The highest BCUT2D eigenvalue weighted by molar-refractivity contribution is 7.09. The number of oxazole rings is 1. The minimum absolute atomic E-state index is 0.0895. The van der Waals surface area contributed by atoms with E-state index in [2.05, 4.69) is 15.2 Å². The predicted molar refractivity (Wildman–Crippen MR) is 116 cm³/mol. The van der Waals surface area contributed by atoms with Crippen molar-refractivity contribution in [3.05, 3.63) is 63.1 Å². The summed E-state index contributed by atoms with van der Waals surface area (Å²) >= 11 is 7.75. The van der Waals surface area contributed by atoms with Gasteiger partial charge >= 0.3 is 0 Å². The van der Waals surface area contributed by atoms with Crippen molar-refractivity contribution in [1.82, 2.24) is 15.2 Å². The van der Waals surface area contributed by atoms with Crippen molar-refractivity contribution in [3.63, 3.8) is 0 Å². The topological polar surface area (TPSA) is 58.4 Å². The van der Waals surface area contributed by atoms with E-state index in [0.29, 0.717) is 17.5 Å². The van der Waals surface area contributed by atoms with Crippen molar-refractivity contribution in [2.45, 2.75) is 32.9 Å². The molecule has 7 heteroatoms. The smallest absolute Gasteiger partial charge is 0.226 e. The van der Waals surface area contributed by atoms with E-state index in [1.165, 1.54) is 4.88 Å². The third-order valence-electron chi connectivity index (χ3n) is 5.31. The monoisotopic (exact) mass is 429 g/mol. The van der Waals surface area contributed by atoms with Crippen molar-refractivity contribution in [3.8, 4) is 11.5 Å². The molecule has 1 fully saturated rings. The highest BCUT2D eigenvalue weighted by atomic mass is 35.5. The van der Waals surface area contributed by atoms with Gasteiger partial charge in [0.1, 0.15) is 5.76 Å². The van der Waals surface area contributed by atoms with Crippen LogP contribution < -0.4 is 5.32 Å². The molecule has 0 spiro atoms. The summed E-state index contributed by atoms with van der Waals surface area (Å²) in [6.07, 6.45) is 1.74. The molecule has 29 heavy (non-hydrogen) atoms. The van der Waals surface area contributed by atoms with E-state index in [-0.39, 0.29) is 11.8 Å². The number of likely N-dealkylation sites (tertiary alicyclic amines) is 1. The molecule has 0 aliphatic carbocycles. The largest absolute Gasteiger partial charge is 0.441 e. The van der Waals surface area contributed by atoms with Crippen LogP contribution in [0, 0.1) is 12.8 Å². The van der Waals surface area contributed by atoms with Gasteiger partial charge in [-0.1, -0.05) is 23.7 Å². The van der Waals surface area contributed by atoms with Crippen LogP contribution in [-0.2, 0) is 17.9 Å². The van der Waals surface area contributed by atoms with Gasteiger partial charge < -0.3 is 9.73 Å². The number of aryl methyl sites for hydroxylation is 1. The highest BCUT2D eigenvalue weighted by Crippen LogP contribution is 2.26. The Labute approximate surface area is 179 Å². The Morgan fingerprint density at radius 2 is 2.14 bits per heavy atom. The molecule has 152 valence electrons. The molecule has 0 atom stereocenters. The number of thiophene rings is 1. The molecule has 1 aliphatic rings. The van der Waals surface area contributed by atoms with Gasteiger partial charge in [-0.2, -0.15) is 0 Å². The summed E-state index contributed by atoms with van der Waals surface area (Å²) < 4.78 is 5.86. The van der Waals surface area contributed by atoms with E-state index in [0.717, 1.165) is 49.5 Å². The van der Waals surface area contributed by atoms with Crippen molar-refractivity contribution >= 4 is 28.8 Å². The zero-order chi connectivity index (χ0) is 20.2. The summed E-state index contributed by atoms with van der Waals surface area (Å²) in [5.74, 6) is 1.68. The van der Waals surface area contributed by atoms with E-state index in [1.54, 1.807) is 11.3 Å². The van der Waals surface area contributed by atoms with Gasteiger partial charge in [-0.25, -0.2) is 4.98 Å². The number of hydrogen-bond acceptors (Lipinski definition) is 5. The zero-order valence-electron chi connectivity index (χ0n) is 16.4. The quantitative estimate of drug-likeness (QED) is 0.605. The van der Waals surface area contributed by atoms with Crippen LogP contribution in [0.15, 0.2) is 46.2 Å². The fourth-order valence-corrected chi connectivity index (χ4v) is 4.45. The van der Waals surface area contributed by atoms with Gasteiger partial charge in [-0.15, -0.1) is 11.3 Å². The molecule has 1 aliphatic heterocycles. The summed E-state index contributed by atoms with van der Waals surface area (Å²) in [5.41, 5.74) is 1.83. The number of nitrogens with zero attached hydrogens (tertiary/aromatic N) is 2. The summed E-state index contributed by atoms with van der Waals surface area (Å²) in [7, 11) is 0.